The molecule has 30 heavy (non-hydrogen) atoms. The highest BCUT2D eigenvalue weighted by molar-refractivity contribution is 6.10. The van der Waals surface area contributed by atoms with Gasteiger partial charge >= 0.3 is 6.03 Å². The Kier molecular flexibility index (Phi) is 5.39. The molecule has 8 heteroatoms. The first-order valence-corrected chi connectivity index (χ1v) is 10.2. The monoisotopic (exact) mass is 407 g/mol. The summed E-state index contributed by atoms with van der Waals surface area (Å²) >= 11 is 0. The maximum Gasteiger partial charge on any atom is 0.325 e. The van der Waals surface area contributed by atoms with Gasteiger partial charge in [-0.1, -0.05) is 30.3 Å². The molecular formula is C22H25N5O3. The Morgan fingerprint density at radius 3 is 2.57 bits per heavy atom. The van der Waals surface area contributed by atoms with E-state index in [1.807, 2.05) is 6.07 Å². The number of rotatable bonds is 5. The number of carbonyl (C=O) groups is 3. The third-order valence-corrected chi connectivity index (χ3v) is 5.64. The highest BCUT2D eigenvalue weighted by Gasteiger charge is 2.49. The fraction of sp³-hybridized carbons (Fsp3) is 0.364. The molecule has 156 valence electrons. The van der Waals surface area contributed by atoms with E-state index in [-0.39, 0.29) is 6.54 Å². The number of hydrogen-bond donors (Lipinski definition) is 2. The normalized spacial score (nSPS) is 21.5. The SMILES string of the molecule is CC1(c2ccccc2)NC(=O)N(CC(=O)Nc2cccnc2N2CCCCC2)C1=O. The van der Waals surface area contributed by atoms with Crippen molar-refractivity contribution in [2.75, 3.05) is 29.9 Å². The molecule has 0 spiro atoms. The molecule has 1 unspecified atom stereocenters. The zero-order chi connectivity index (χ0) is 21.1. The molecule has 2 saturated heterocycles. The number of carbonyl (C=O) groups excluding carboxylic acids is 3. The number of nitrogens with one attached hydrogen (secondary N) is 2. The minimum Gasteiger partial charge on any atom is -0.355 e. The third-order valence-electron chi connectivity index (χ3n) is 5.64. The Labute approximate surface area is 175 Å². The molecule has 2 fully saturated rings. The van der Waals surface area contributed by atoms with Crippen LogP contribution in [0.3, 0.4) is 0 Å². The maximum absolute atomic E-state index is 13.0. The number of amides is 4. The summed E-state index contributed by atoms with van der Waals surface area (Å²) in [5.41, 5.74) is 0.0690. The number of aromatic nitrogens is 1. The lowest BCUT2D eigenvalue weighted by atomic mass is 9.92. The van der Waals surface area contributed by atoms with E-state index in [1.165, 1.54) is 6.42 Å². The average Bonchev–Trinajstić information content (AvgIpc) is 2.99. The molecule has 0 radical (unpaired) electrons. The summed E-state index contributed by atoms with van der Waals surface area (Å²) in [7, 11) is 0. The molecule has 4 amide bonds. The maximum atomic E-state index is 13.0. The first kappa shape index (κ1) is 19.9. The first-order chi connectivity index (χ1) is 14.5. The van der Waals surface area contributed by atoms with Gasteiger partial charge in [-0.05, 0) is 43.9 Å². The lowest BCUT2D eigenvalue weighted by molar-refractivity contribution is -0.133. The van der Waals surface area contributed by atoms with Crippen molar-refractivity contribution in [3.8, 4) is 0 Å². The Hall–Kier alpha value is -3.42. The van der Waals surface area contributed by atoms with Crippen LogP contribution in [0, 0.1) is 0 Å². The molecule has 2 aliphatic heterocycles. The number of benzene rings is 1. The molecule has 0 aliphatic carbocycles. The van der Waals surface area contributed by atoms with Gasteiger partial charge in [-0.15, -0.1) is 0 Å². The van der Waals surface area contributed by atoms with E-state index in [1.54, 1.807) is 49.5 Å². The van der Waals surface area contributed by atoms with Crippen molar-refractivity contribution in [2.24, 2.45) is 0 Å². The summed E-state index contributed by atoms with van der Waals surface area (Å²) < 4.78 is 0. The van der Waals surface area contributed by atoms with Crippen LogP contribution in [0.1, 0.15) is 31.7 Å². The fourth-order valence-corrected chi connectivity index (χ4v) is 3.99. The summed E-state index contributed by atoms with van der Waals surface area (Å²) in [4.78, 5) is 45.7. The van der Waals surface area contributed by atoms with E-state index in [2.05, 4.69) is 20.5 Å². The molecule has 8 nitrogen and oxygen atoms in total. The Balaban J connectivity index is 1.47. The van der Waals surface area contributed by atoms with E-state index in [4.69, 9.17) is 0 Å². The van der Waals surface area contributed by atoms with Crippen LogP contribution < -0.4 is 15.5 Å². The van der Waals surface area contributed by atoms with Gasteiger partial charge in [0.05, 0.1) is 5.69 Å². The number of hydrogen-bond acceptors (Lipinski definition) is 5. The van der Waals surface area contributed by atoms with Crippen LogP contribution in [0.4, 0.5) is 16.3 Å². The van der Waals surface area contributed by atoms with Gasteiger partial charge in [0.1, 0.15) is 12.1 Å². The number of piperidine rings is 1. The minimum atomic E-state index is -1.19. The lowest BCUT2D eigenvalue weighted by Crippen LogP contribution is -2.42. The Morgan fingerprint density at radius 1 is 1.10 bits per heavy atom. The van der Waals surface area contributed by atoms with Crippen molar-refractivity contribution in [2.45, 2.75) is 31.7 Å². The molecule has 1 aromatic heterocycles. The van der Waals surface area contributed by atoms with Gasteiger partial charge in [-0.3, -0.25) is 14.5 Å². The molecule has 0 bridgehead atoms. The van der Waals surface area contributed by atoms with Crippen molar-refractivity contribution in [1.29, 1.82) is 0 Å². The number of pyridine rings is 1. The highest BCUT2D eigenvalue weighted by Crippen LogP contribution is 2.29. The number of imide groups is 1. The van der Waals surface area contributed by atoms with Crippen LogP contribution in [0.5, 0.6) is 0 Å². The lowest BCUT2D eigenvalue weighted by Gasteiger charge is -2.29. The molecular weight excluding hydrogens is 382 g/mol. The van der Waals surface area contributed by atoms with Crippen LogP contribution in [0.15, 0.2) is 48.7 Å². The second-order valence-electron chi connectivity index (χ2n) is 7.78. The van der Waals surface area contributed by atoms with E-state index >= 15 is 0 Å². The summed E-state index contributed by atoms with van der Waals surface area (Å²) in [5, 5.41) is 5.54. The van der Waals surface area contributed by atoms with E-state index in [0.29, 0.717) is 11.3 Å². The second-order valence-corrected chi connectivity index (χ2v) is 7.78. The van der Waals surface area contributed by atoms with Gasteiger partial charge in [0.2, 0.25) is 5.91 Å². The smallest absolute Gasteiger partial charge is 0.325 e. The van der Waals surface area contributed by atoms with Crippen molar-refractivity contribution >= 4 is 29.4 Å². The zero-order valence-corrected chi connectivity index (χ0v) is 16.9. The average molecular weight is 407 g/mol. The molecule has 1 atom stereocenters. The van der Waals surface area contributed by atoms with Crippen molar-refractivity contribution < 1.29 is 14.4 Å². The molecule has 0 saturated carbocycles. The first-order valence-electron chi connectivity index (χ1n) is 10.2. The van der Waals surface area contributed by atoms with Gasteiger partial charge in [0, 0.05) is 19.3 Å². The largest absolute Gasteiger partial charge is 0.355 e. The minimum absolute atomic E-state index is 0.360. The van der Waals surface area contributed by atoms with Crippen LogP contribution in [0.2, 0.25) is 0 Å². The number of nitrogens with zero attached hydrogens (tertiary/aromatic N) is 3. The molecule has 1 aromatic carbocycles. The molecule has 3 heterocycles. The Bertz CT molecular complexity index is 958. The van der Waals surface area contributed by atoms with E-state index < -0.39 is 23.4 Å². The fourth-order valence-electron chi connectivity index (χ4n) is 3.99. The summed E-state index contributed by atoms with van der Waals surface area (Å²) in [6.45, 7) is 3.07. The zero-order valence-electron chi connectivity index (χ0n) is 16.9. The van der Waals surface area contributed by atoms with Gasteiger partial charge < -0.3 is 15.5 Å². The Morgan fingerprint density at radius 2 is 1.83 bits per heavy atom. The topological polar surface area (TPSA) is 94.6 Å². The number of anilines is 2. The van der Waals surface area contributed by atoms with Crippen LogP contribution in [-0.2, 0) is 15.1 Å². The standard InChI is InChI=1S/C22H25N5O3/c1-22(16-9-4-2-5-10-16)20(29)27(21(30)25-22)15-18(28)24-17-11-8-12-23-19(17)26-13-6-3-7-14-26/h2,4-5,8-12H,3,6-7,13-15H2,1H3,(H,24,28)(H,25,30). The summed E-state index contributed by atoms with van der Waals surface area (Å²) in [6, 6.07) is 12.0. The van der Waals surface area contributed by atoms with Gasteiger partial charge in [-0.2, -0.15) is 0 Å². The van der Waals surface area contributed by atoms with Crippen molar-refractivity contribution in [3.05, 3.63) is 54.2 Å². The van der Waals surface area contributed by atoms with Gasteiger partial charge in [0.25, 0.3) is 5.91 Å². The van der Waals surface area contributed by atoms with Crippen molar-refractivity contribution in [3.63, 3.8) is 0 Å². The van der Waals surface area contributed by atoms with Crippen molar-refractivity contribution in [1.82, 2.24) is 15.2 Å². The second kappa shape index (κ2) is 8.14. The van der Waals surface area contributed by atoms with Gasteiger partial charge in [-0.25, -0.2) is 9.78 Å². The van der Waals surface area contributed by atoms with E-state index in [9.17, 15) is 14.4 Å². The molecule has 2 N–H and O–H groups in total. The van der Waals surface area contributed by atoms with Crippen LogP contribution >= 0.6 is 0 Å². The number of urea groups is 1. The van der Waals surface area contributed by atoms with Crippen LogP contribution in [0.25, 0.3) is 0 Å². The van der Waals surface area contributed by atoms with Gasteiger partial charge in [0.15, 0.2) is 5.82 Å². The quantitative estimate of drug-likeness (QED) is 0.743. The summed E-state index contributed by atoms with van der Waals surface area (Å²) in [6.07, 6.45) is 5.06. The van der Waals surface area contributed by atoms with Crippen LogP contribution in [-0.4, -0.2) is 47.4 Å². The molecule has 4 rings (SSSR count). The molecule has 2 aliphatic rings. The predicted octanol–water partition coefficient (Wildman–Crippen LogP) is 2.48. The predicted molar refractivity (Wildman–Crippen MR) is 113 cm³/mol. The van der Waals surface area contributed by atoms with E-state index in [0.717, 1.165) is 36.6 Å². The highest BCUT2D eigenvalue weighted by atomic mass is 16.2. The summed E-state index contributed by atoms with van der Waals surface area (Å²) in [5.74, 6) is -0.171. The molecule has 2 aromatic rings. The third kappa shape index (κ3) is 3.72.